The van der Waals surface area contributed by atoms with Crippen molar-refractivity contribution in [2.75, 3.05) is 33.8 Å². The third kappa shape index (κ3) is 5.76. The van der Waals surface area contributed by atoms with Crippen LogP contribution in [0.2, 0.25) is 0 Å². The quantitative estimate of drug-likeness (QED) is 0.551. The minimum Gasteiger partial charge on any atom is -0.493 e. The molecule has 2 aliphatic heterocycles. The number of benzene rings is 2. The molecule has 3 aromatic rings. The second kappa shape index (κ2) is 10.6. The topological polar surface area (TPSA) is 109 Å². The molecule has 0 aliphatic carbocycles. The number of nitrogens with one attached hydrogen (secondary N) is 2. The Balaban J connectivity index is 1.40. The first-order chi connectivity index (χ1) is 17.9. The number of ether oxygens (including phenoxy) is 3. The van der Waals surface area contributed by atoms with E-state index in [2.05, 4.69) is 15.3 Å². The molecule has 37 heavy (non-hydrogen) atoms. The maximum Gasteiger partial charge on any atom is 0.272 e. The molecule has 0 radical (unpaired) electrons. The monoisotopic (exact) mass is 505 g/mol. The Labute approximate surface area is 215 Å². The van der Waals surface area contributed by atoms with Crippen LogP contribution in [0.5, 0.6) is 17.2 Å². The molecule has 1 fully saturated rings. The van der Waals surface area contributed by atoms with Crippen LogP contribution in [-0.4, -0.2) is 77.5 Å². The highest BCUT2D eigenvalue weighted by molar-refractivity contribution is 5.92. The predicted molar refractivity (Wildman–Crippen MR) is 136 cm³/mol. The molecule has 0 unspecified atom stereocenters. The van der Waals surface area contributed by atoms with Crippen LogP contribution in [0.25, 0.3) is 0 Å². The van der Waals surface area contributed by atoms with Gasteiger partial charge in [0, 0.05) is 19.6 Å². The Morgan fingerprint density at radius 2 is 2.00 bits per heavy atom. The Hall–Kier alpha value is -3.89. The minimum atomic E-state index is -0.368. The van der Waals surface area contributed by atoms with Crippen molar-refractivity contribution in [2.24, 2.45) is 0 Å². The lowest BCUT2D eigenvalue weighted by molar-refractivity contribution is -0.123. The van der Waals surface area contributed by atoms with Gasteiger partial charge in [0.15, 0.2) is 11.5 Å². The van der Waals surface area contributed by atoms with E-state index in [1.807, 2.05) is 54.4 Å². The summed E-state index contributed by atoms with van der Waals surface area (Å²) in [6.45, 7) is 3.54. The number of hydrogen-bond donors (Lipinski definition) is 2. The summed E-state index contributed by atoms with van der Waals surface area (Å²) >= 11 is 0. The highest BCUT2D eigenvalue weighted by atomic mass is 16.5. The molecular weight excluding hydrogens is 474 g/mol. The van der Waals surface area contributed by atoms with Crippen molar-refractivity contribution < 1.29 is 23.8 Å². The fourth-order valence-corrected chi connectivity index (χ4v) is 4.74. The molecular formula is C27H31N5O5. The number of carbonyl (C=O) groups excluding carboxylic acids is 2. The maximum atomic E-state index is 13.1. The van der Waals surface area contributed by atoms with Gasteiger partial charge in [0.1, 0.15) is 17.3 Å². The number of hydrogen-bond acceptors (Lipinski definition) is 7. The number of aromatic nitrogens is 2. The van der Waals surface area contributed by atoms with Crippen LogP contribution in [0.3, 0.4) is 0 Å². The van der Waals surface area contributed by atoms with Crippen molar-refractivity contribution in [3.63, 3.8) is 0 Å². The van der Waals surface area contributed by atoms with Gasteiger partial charge < -0.3 is 29.4 Å². The van der Waals surface area contributed by atoms with Gasteiger partial charge in [-0.15, -0.1) is 0 Å². The van der Waals surface area contributed by atoms with Crippen molar-refractivity contribution in [3.8, 4) is 17.2 Å². The average Bonchev–Trinajstić information content (AvgIpc) is 3.48. The fourth-order valence-electron chi connectivity index (χ4n) is 4.74. The van der Waals surface area contributed by atoms with Gasteiger partial charge in [0.05, 0.1) is 38.6 Å². The molecule has 194 valence electrons. The molecule has 10 nitrogen and oxygen atoms in total. The normalized spacial score (nSPS) is 20.6. The van der Waals surface area contributed by atoms with Gasteiger partial charge in [0.25, 0.3) is 5.91 Å². The summed E-state index contributed by atoms with van der Waals surface area (Å²) in [6, 6.07) is 13.1. The van der Waals surface area contributed by atoms with E-state index in [9.17, 15) is 9.59 Å². The first-order valence-corrected chi connectivity index (χ1v) is 12.2. The van der Waals surface area contributed by atoms with Crippen molar-refractivity contribution in [3.05, 3.63) is 71.3 Å². The largest absolute Gasteiger partial charge is 0.493 e. The van der Waals surface area contributed by atoms with E-state index in [0.29, 0.717) is 55.0 Å². The standard InChI is InChI=1S/C27H31N5O5/c1-17-28-11-21(29-17)27(34)32-13-22-25(14-32)36-16-19-5-4-6-20(9-19)37-24-10-18(7-8-23(24)35-3)12-31(2)15-26(33)30-22/h4-11,22,25H,12-16H2,1-3H3,(H,28,29)(H,30,33)/t22-,25-/m0/s1. The van der Waals surface area contributed by atoms with Gasteiger partial charge in [-0.25, -0.2) is 4.98 Å². The van der Waals surface area contributed by atoms with Gasteiger partial charge in [-0.2, -0.15) is 0 Å². The average molecular weight is 506 g/mol. The third-order valence-electron chi connectivity index (χ3n) is 6.52. The molecule has 10 heteroatoms. The molecule has 1 aromatic heterocycles. The Morgan fingerprint density at radius 3 is 2.78 bits per heavy atom. The molecule has 0 spiro atoms. The van der Waals surface area contributed by atoms with E-state index in [-0.39, 0.29) is 30.5 Å². The second-order valence-corrected chi connectivity index (χ2v) is 9.52. The first kappa shape index (κ1) is 24.8. The zero-order valence-electron chi connectivity index (χ0n) is 21.2. The van der Waals surface area contributed by atoms with E-state index in [1.165, 1.54) is 6.20 Å². The molecule has 0 saturated carbocycles. The molecule has 2 atom stereocenters. The van der Waals surface area contributed by atoms with Crippen molar-refractivity contribution >= 4 is 11.8 Å². The van der Waals surface area contributed by atoms with E-state index in [4.69, 9.17) is 14.2 Å². The highest BCUT2D eigenvalue weighted by Crippen LogP contribution is 2.33. The number of H-pyrrole nitrogens is 1. The summed E-state index contributed by atoms with van der Waals surface area (Å²) in [5, 5.41) is 3.09. The number of methoxy groups -OCH3 is 1. The lowest BCUT2D eigenvalue weighted by Crippen LogP contribution is -2.47. The van der Waals surface area contributed by atoms with Crippen LogP contribution in [0.15, 0.2) is 48.7 Å². The summed E-state index contributed by atoms with van der Waals surface area (Å²) in [4.78, 5) is 36.8. The van der Waals surface area contributed by atoms with Crippen LogP contribution >= 0.6 is 0 Å². The SMILES string of the molecule is COc1ccc2cc1Oc1cccc(c1)CO[C@H]1CN(C(=O)c3cnc(C)[nH]3)C[C@@H]1NC(=O)CN(C)C2. The number of nitrogens with zero attached hydrogens (tertiary/aromatic N) is 3. The van der Waals surface area contributed by atoms with E-state index in [1.54, 1.807) is 18.9 Å². The summed E-state index contributed by atoms with van der Waals surface area (Å²) in [7, 11) is 3.49. The number of likely N-dealkylation sites (N-methyl/N-ethyl adjacent to an activating group) is 1. The number of likely N-dealkylation sites (tertiary alicyclic amines) is 1. The highest BCUT2D eigenvalue weighted by Gasteiger charge is 2.38. The van der Waals surface area contributed by atoms with Crippen molar-refractivity contribution in [1.82, 2.24) is 25.1 Å². The zero-order chi connectivity index (χ0) is 25.9. The lowest BCUT2D eigenvalue weighted by Gasteiger charge is -2.23. The van der Waals surface area contributed by atoms with Gasteiger partial charge in [-0.1, -0.05) is 18.2 Å². The molecule has 2 amide bonds. The first-order valence-electron chi connectivity index (χ1n) is 12.2. The number of aromatic amines is 1. The van der Waals surface area contributed by atoms with E-state index >= 15 is 0 Å². The number of aryl methyl sites for hydroxylation is 1. The van der Waals surface area contributed by atoms with Crippen LogP contribution in [-0.2, 0) is 22.7 Å². The Bertz CT molecular complexity index is 1290. The van der Waals surface area contributed by atoms with Gasteiger partial charge in [-0.3, -0.25) is 14.5 Å². The molecule has 2 aromatic carbocycles. The van der Waals surface area contributed by atoms with Gasteiger partial charge in [0.2, 0.25) is 5.91 Å². The van der Waals surface area contributed by atoms with Crippen LogP contribution < -0.4 is 14.8 Å². The number of imidazole rings is 1. The van der Waals surface area contributed by atoms with E-state index in [0.717, 1.165) is 11.1 Å². The number of rotatable bonds is 2. The molecule has 4 bridgehead atoms. The summed E-state index contributed by atoms with van der Waals surface area (Å²) in [6.07, 6.45) is 1.16. The molecule has 3 heterocycles. The Kier molecular flexibility index (Phi) is 7.11. The molecule has 1 saturated heterocycles. The number of fused-ring (bicyclic) bond motifs is 5. The van der Waals surface area contributed by atoms with Crippen LogP contribution in [0.1, 0.15) is 27.4 Å². The number of carbonyl (C=O) groups is 2. The van der Waals surface area contributed by atoms with Gasteiger partial charge >= 0.3 is 0 Å². The van der Waals surface area contributed by atoms with Crippen molar-refractivity contribution in [1.29, 1.82) is 0 Å². The summed E-state index contributed by atoms with van der Waals surface area (Å²) < 4.78 is 17.9. The van der Waals surface area contributed by atoms with Crippen molar-refractivity contribution in [2.45, 2.75) is 32.2 Å². The zero-order valence-corrected chi connectivity index (χ0v) is 21.2. The number of amides is 2. The fraction of sp³-hybridized carbons (Fsp3) is 0.370. The maximum absolute atomic E-state index is 13.1. The minimum absolute atomic E-state index is 0.133. The molecule has 2 aliphatic rings. The Morgan fingerprint density at radius 1 is 1.14 bits per heavy atom. The van der Waals surface area contributed by atoms with E-state index < -0.39 is 0 Å². The molecule has 2 N–H and O–H groups in total. The van der Waals surface area contributed by atoms with Crippen LogP contribution in [0.4, 0.5) is 0 Å². The smallest absolute Gasteiger partial charge is 0.272 e. The summed E-state index contributed by atoms with van der Waals surface area (Å²) in [5.41, 5.74) is 2.32. The molecule has 5 rings (SSSR count). The second-order valence-electron chi connectivity index (χ2n) is 9.52. The predicted octanol–water partition coefficient (Wildman–Crippen LogP) is 2.49. The lowest BCUT2D eigenvalue weighted by atomic mass is 10.1. The summed E-state index contributed by atoms with van der Waals surface area (Å²) in [5.74, 6) is 2.26. The third-order valence-corrected chi connectivity index (χ3v) is 6.52. The van der Waals surface area contributed by atoms with Crippen LogP contribution in [0, 0.1) is 6.92 Å². The van der Waals surface area contributed by atoms with Gasteiger partial charge in [-0.05, 0) is 49.4 Å².